The van der Waals surface area contributed by atoms with Crippen molar-refractivity contribution < 1.29 is 14.3 Å². The fourth-order valence-electron chi connectivity index (χ4n) is 2.06. The molecule has 0 radical (unpaired) electrons. The second kappa shape index (κ2) is 6.57. The summed E-state index contributed by atoms with van der Waals surface area (Å²) in [5.41, 5.74) is 1.26. The summed E-state index contributed by atoms with van der Waals surface area (Å²) in [4.78, 5) is 11.6. The Balaban J connectivity index is 1.71. The van der Waals surface area contributed by atoms with Gasteiger partial charge in [0.15, 0.2) is 0 Å². The molecule has 2 unspecified atom stereocenters. The number of carbonyl (C=O) groups excluding carboxylic acids is 1. The fraction of sp³-hybridized carbons (Fsp3) is 0.533. The Hall–Kier alpha value is -1.55. The Morgan fingerprint density at radius 1 is 1.32 bits per heavy atom. The summed E-state index contributed by atoms with van der Waals surface area (Å²) in [5, 5.41) is 3.17. The molecule has 104 valence electrons. The number of hydrogen-bond donors (Lipinski definition) is 1. The van der Waals surface area contributed by atoms with E-state index in [1.165, 1.54) is 5.56 Å². The van der Waals surface area contributed by atoms with E-state index in [9.17, 15) is 4.79 Å². The summed E-state index contributed by atoms with van der Waals surface area (Å²) in [5.74, 6) is 0.760. The van der Waals surface area contributed by atoms with Crippen LogP contribution in [0.1, 0.15) is 25.3 Å². The van der Waals surface area contributed by atoms with E-state index < -0.39 is 0 Å². The van der Waals surface area contributed by atoms with Gasteiger partial charge < -0.3 is 9.47 Å². The van der Waals surface area contributed by atoms with Gasteiger partial charge in [0, 0.05) is 6.04 Å². The van der Waals surface area contributed by atoms with E-state index in [4.69, 9.17) is 9.47 Å². The van der Waals surface area contributed by atoms with Crippen molar-refractivity contribution >= 4 is 5.97 Å². The summed E-state index contributed by atoms with van der Waals surface area (Å²) in [6.07, 6.45) is 2.78. The molecule has 0 aliphatic carbocycles. The van der Waals surface area contributed by atoms with Crippen LogP contribution in [0.15, 0.2) is 24.3 Å². The highest BCUT2D eigenvalue weighted by atomic mass is 16.5. The van der Waals surface area contributed by atoms with E-state index in [2.05, 4.69) is 17.4 Å². The molecule has 0 amide bonds. The van der Waals surface area contributed by atoms with Gasteiger partial charge >= 0.3 is 5.97 Å². The molecular formula is C15H21NO3. The van der Waals surface area contributed by atoms with Gasteiger partial charge in [0.05, 0.1) is 13.7 Å². The zero-order valence-electron chi connectivity index (χ0n) is 11.5. The predicted molar refractivity (Wildman–Crippen MR) is 73.3 cm³/mol. The summed E-state index contributed by atoms with van der Waals surface area (Å²) in [6, 6.07) is 8.22. The molecule has 1 fully saturated rings. The van der Waals surface area contributed by atoms with Gasteiger partial charge in [-0.1, -0.05) is 19.1 Å². The maximum atomic E-state index is 11.6. The molecule has 1 heterocycles. The molecule has 2 atom stereocenters. The average molecular weight is 263 g/mol. The summed E-state index contributed by atoms with van der Waals surface area (Å²) >= 11 is 0. The van der Waals surface area contributed by atoms with Gasteiger partial charge in [0.25, 0.3) is 0 Å². The second-order valence-electron chi connectivity index (χ2n) is 4.81. The monoisotopic (exact) mass is 263 g/mol. The van der Waals surface area contributed by atoms with Gasteiger partial charge in [-0.2, -0.15) is 0 Å². The van der Waals surface area contributed by atoms with Gasteiger partial charge in [-0.05, 0) is 37.0 Å². The van der Waals surface area contributed by atoms with E-state index in [-0.39, 0.29) is 18.1 Å². The van der Waals surface area contributed by atoms with Crippen molar-refractivity contribution in [2.75, 3.05) is 13.7 Å². The van der Waals surface area contributed by atoms with Crippen LogP contribution in [-0.4, -0.2) is 31.8 Å². The molecule has 19 heavy (non-hydrogen) atoms. The van der Waals surface area contributed by atoms with Crippen LogP contribution in [-0.2, 0) is 16.0 Å². The van der Waals surface area contributed by atoms with Crippen LogP contribution < -0.4 is 10.1 Å². The highest BCUT2D eigenvalue weighted by Crippen LogP contribution is 2.20. The average Bonchev–Trinajstić information content (AvgIpc) is 3.23. The van der Waals surface area contributed by atoms with Crippen molar-refractivity contribution in [3.8, 4) is 5.75 Å². The van der Waals surface area contributed by atoms with E-state index in [1.807, 2.05) is 19.1 Å². The molecule has 1 saturated heterocycles. The molecule has 1 aliphatic heterocycles. The lowest BCUT2D eigenvalue weighted by atomic mass is 10.1. The van der Waals surface area contributed by atoms with E-state index in [0.29, 0.717) is 6.61 Å². The Morgan fingerprint density at radius 3 is 2.68 bits per heavy atom. The maximum absolute atomic E-state index is 11.6. The molecule has 2 rings (SSSR count). The molecule has 1 N–H and O–H groups in total. The third kappa shape index (κ3) is 3.96. The minimum absolute atomic E-state index is 0.0928. The van der Waals surface area contributed by atoms with E-state index in [1.54, 1.807) is 7.11 Å². The summed E-state index contributed by atoms with van der Waals surface area (Å²) in [6.45, 7) is 2.51. The molecule has 0 aromatic heterocycles. The Bertz CT molecular complexity index is 416. The summed E-state index contributed by atoms with van der Waals surface area (Å²) in [7, 11) is 1.66. The van der Waals surface area contributed by atoms with Crippen LogP contribution >= 0.6 is 0 Å². The highest BCUT2D eigenvalue weighted by molar-refractivity contribution is 5.80. The quantitative estimate of drug-likeness (QED) is 0.603. The number of esters is 1. The minimum Gasteiger partial charge on any atom is -0.497 e. The number of benzene rings is 1. The third-order valence-electron chi connectivity index (χ3n) is 3.29. The number of methoxy groups -OCH3 is 1. The normalized spacial score (nSPS) is 20.9. The van der Waals surface area contributed by atoms with Gasteiger partial charge in [-0.25, -0.2) is 0 Å². The number of rotatable bonds is 7. The lowest BCUT2D eigenvalue weighted by molar-refractivity contribution is -0.143. The van der Waals surface area contributed by atoms with Gasteiger partial charge in [-0.15, -0.1) is 0 Å². The van der Waals surface area contributed by atoms with Crippen LogP contribution in [0, 0.1) is 0 Å². The Morgan fingerprint density at radius 2 is 2.05 bits per heavy atom. The standard InChI is InChI=1S/C15H21NO3/c1-3-10-19-15(17)14-13(16-14)9-6-11-4-7-12(18-2)8-5-11/h4-5,7-8,13-14,16H,3,6,9-10H2,1-2H3. The molecule has 4 nitrogen and oxygen atoms in total. The number of ether oxygens (including phenoxy) is 2. The van der Waals surface area contributed by atoms with Crippen LogP contribution in [0.5, 0.6) is 5.75 Å². The van der Waals surface area contributed by atoms with E-state index >= 15 is 0 Å². The molecule has 1 aromatic carbocycles. The molecule has 0 spiro atoms. The zero-order chi connectivity index (χ0) is 13.7. The predicted octanol–water partition coefficient (Wildman–Crippen LogP) is 1.92. The van der Waals surface area contributed by atoms with Crippen LogP contribution in [0.3, 0.4) is 0 Å². The lowest BCUT2D eigenvalue weighted by Crippen LogP contribution is -2.15. The van der Waals surface area contributed by atoms with Gasteiger partial charge in [-0.3, -0.25) is 10.1 Å². The van der Waals surface area contributed by atoms with Crippen molar-refractivity contribution in [2.45, 2.75) is 38.3 Å². The maximum Gasteiger partial charge on any atom is 0.324 e. The van der Waals surface area contributed by atoms with Gasteiger partial charge in [0.1, 0.15) is 11.8 Å². The van der Waals surface area contributed by atoms with Crippen molar-refractivity contribution in [3.63, 3.8) is 0 Å². The number of hydrogen-bond acceptors (Lipinski definition) is 4. The second-order valence-corrected chi connectivity index (χ2v) is 4.81. The van der Waals surface area contributed by atoms with Crippen molar-refractivity contribution in [1.82, 2.24) is 5.32 Å². The Kier molecular flexibility index (Phi) is 4.80. The first-order valence-corrected chi connectivity index (χ1v) is 6.80. The fourth-order valence-corrected chi connectivity index (χ4v) is 2.06. The van der Waals surface area contributed by atoms with Crippen LogP contribution in [0.4, 0.5) is 0 Å². The molecule has 4 heteroatoms. The molecule has 0 saturated carbocycles. The minimum atomic E-state index is -0.110. The first-order chi connectivity index (χ1) is 9.24. The van der Waals surface area contributed by atoms with Crippen LogP contribution in [0.25, 0.3) is 0 Å². The smallest absolute Gasteiger partial charge is 0.324 e. The molecule has 1 aromatic rings. The largest absolute Gasteiger partial charge is 0.497 e. The van der Waals surface area contributed by atoms with Gasteiger partial charge in [0.2, 0.25) is 0 Å². The van der Waals surface area contributed by atoms with Crippen molar-refractivity contribution in [2.24, 2.45) is 0 Å². The van der Waals surface area contributed by atoms with Crippen molar-refractivity contribution in [3.05, 3.63) is 29.8 Å². The van der Waals surface area contributed by atoms with Crippen LogP contribution in [0.2, 0.25) is 0 Å². The van der Waals surface area contributed by atoms with E-state index in [0.717, 1.165) is 25.0 Å². The molecule has 1 aliphatic rings. The molecule has 0 bridgehead atoms. The number of nitrogens with one attached hydrogen (secondary N) is 1. The van der Waals surface area contributed by atoms with Crippen molar-refractivity contribution in [1.29, 1.82) is 0 Å². The lowest BCUT2D eigenvalue weighted by Gasteiger charge is -2.03. The Labute approximate surface area is 114 Å². The number of carbonyl (C=O) groups is 1. The number of aryl methyl sites for hydroxylation is 1. The zero-order valence-corrected chi connectivity index (χ0v) is 11.5. The topological polar surface area (TPSA) is 57.5 Å². The first-order valence-electron chi connectivity index (χ1n) is 6.80. The summed E-state index contributed by atoms with van der Waals surface area (Å²) < 4.78 is 10.2. The third-order valence-corrected chi connectivity index (χ3v) is 3.29. The SMILES string of the molecule is CCCOC(=O)C1NC1CCc1ccc(OC)cc1. The highest BCUT2D eigenvalue weighted by Gasteiger charge is 2.42. The molecular weight excluding hydrogens is 242 g/mol. The first kappa shape index (κ1) is 13.9.